The van der Waals surface area contributed by atoms with Crippen molar-refractivity contribution in [1.82, 2.24) is 5.32 Å². The molecule has 1 aromatic rings. The standard InChI is InChI=1S/C15H19BrFN3/c1-10(2)20(9-12-4-3-7-19-12)13-6-5-11(8-18)14(16)15(13)17/h5-6,10,12,19H,3-4,7,9H2,1-2H3. The van der Waals surface area contributed by atoms with Crippen LogP contribution in [-0.4, -0.2) is 25.2 Å². The Morgan fingerprint density at radius 1 is 1.55 bits per heavy atom. The molecule has 1 fully saturated rings. The summed E-state index contributed by atoms with van der Waals surface area (Å²) in [5.41, 5.74) is 0.883. The largest absolute Gasteiger partial charge is 0.365 e. The minimum absolute atomic E-state index is 0.201. The number of rotatable bonds is 4. The number of nitrogens with zero attached hydrogens (tertiary/aromatic N) is 2. The molecule has 1 aromatic carbocycles. The molecule has 1 unspecified atom stereocenters. The lowest BCUT2D eigenvalue weighted by Crippen LogP contribution is -2.41. The summed E-state index contributed by atoms with van der Waals surface area (Å²) in [6.07, 6.45) is 2.30. The van der Waals surface area contributed by atoms with Gasteiger partial charge in [0.2, 0.25) is 0 Å². The molecule has 0 radical (unpaired) electrons. The van der Waals surface area contributed by atoms with Crippen molar-refractivity contribution in [2.24, 2.45) is 0 Å². The first-order valence-electron chi connectivity index (χ1n) is 6.92. The molecule has 0 aromatic heterocycles. The number of hydrogen-bond donors (Lipinski definition) is 1. The molecule has 0 saturated carbocycles. The predicted molar refractivity (Wildman–Crippen MR) is 82.3 cm³/mol. The smallest absolute Gasteiger partial charge is 0.161 e. The van der Waals surface area contributed by atoms with E-state index in [-0.39, 0.29) is 16.3 Å². The highest BCUT2D eigenvalue weighted by atomic mass is 79.9. The summed E-state index contributed by atoms with van der Waals surface area (Å²) in [4.78, 5) is 2.06. The van der Waals surface area contributed by atoms with E-state index in [9.17, 15) is 4.39 Å². The zero-order valence-corrected chi connectivity index (χ0v) is 13.4. The SMILES string of the molecule is CC(C)N(CC1CCCN1)c1ccc(C#N)c(Br)c1F. The summed E-state index contributed by atoms with van der Waals surface area (Å²) in [5.74, 6) is -0.351. The zero-order chi connectivity index (χ0) is 14.7. The van der Waals surface area contributed by atoms with Crippen molar-refractivity contribution in [3.05, 3.63) is 28.0 Å². The van der Waals surface area contributed by atoms with E-state index in [1.165, 1.54) is 6.42 Å². The third kappa shape index (κ3) is 3.13. The molecular weight excluding hydrogens is 321 g/mol. The van der Waals surface area contributed by atoms with E-state index in [2.05, 4.69) is 40.0 Å². The van der Waals surface area contributed by atoms with Gasteiger partial charge in [-0.25, -0.2) is 4.39 Å². The van der Waals surface area contributed by atoms with E-state index in [0.29, 0.717) is 17.3 Å². The summed E-state index contributed by atoms with van der Waals surface area (Å²) in [6.45, 7) is 5.93. The molecule has 0 aliphatic carbocycles. The van der Waals surface area contributed by atoms with Gasteiger partial charge >= 0.3 is 0 Å². The van der Waals surface area contributed by atoms with Gasteiger partial charge in [0.1, 0.15) is 6.07 Å². The lowest BCUT2D eigenvalue weighted by molar-refractivity contribution is 0.536. The number of halogens is 2. The fourth-order valence-corrected chi connectivity index (χ4v) is 3.01. The molecule has 1 aliphatic heterocycles. The van der Waals surface area contributed by atoms with Crippen LogP contribution >= 0.6 is 15.9 Å². The highest BCUT2D eigenvalue weighted by molar-refractivity contribution is 9.10. The van der Waals surface area contributed by atoms with Crippen LogP contribution in [0.1, 0.15) is 32.3 Å². The summed E-state index contributed by atoms with van der Waals surface area (Å²) in [6, 6.07) is 5.96. The summed E-state index contributed by atoms with van der Waals surface area (Å²) in [7, 11) is 0. The maximum Gasteiger partial charge on any atom is 0.161 e. The van der Waals surface area contributed by atoms with Gasteiger partial charge in [-0.2, -0.15) is 5.26 Å². The topological polar surface area (TPSA) is 39.1 Å². The molecule has 0 bridgehead atoms. The molecular formula is C15H19BrFN3. The normalized spacial score (nSPS) is 18.3. The molecule has 0 spiro atoms. The fraction of sp³-hybridized carbons (Fsp3) is 0.533. The van der Waals surface area contributed by atoms with Gasteiger partial charge in [0.15, 0.2) is 5.82 Å². The lowest BCUT2D eigenvalue weighted by atomic mass is 10.1. The van der Waals surface area contributed by atoms with E-state index in [0.717, 1.165) is 19.5 Å². The summed E-state index contributed by atoms with van der Waals surface area (Å²) in [5, 5.41) is 12.4. The second kappa shape index (κ2) is 6.55. The van der Waals surface area contributed by atoms with E-state index >= 15 is 0 Å². The minimum Gasteiger partial charge on any atom is -0.365 e. The van der Waals surface area contributed by atoms with E-state index in [4.69, 9.17) is 5.26 Å². The third-order valence-electron chi connectivity index (χ3n) is 3.69. The molecule has 1 aliphatic rings. The molecule has 108 valence electrons. The van der Waals surface area contributed by atoms with Crippen molar-refractivity contribution >= 4 is 21.6 Å². The highest BCUT2D eigenvalue weighted by Gasteiger charge is 2.23. The van der Waals surface area contributed by atoms with Crippen molar-refractivity contribution in [2.75, 3.05) is 18.0 Å². The Hall–Kier alpha value is -1.12. The highest BCUT2D eigenvalue weighted by Crippen LogP contribution is 2.30. The van der Waals surface area contributed by atoms with Gasteiger partial charge in [-0.3, -0.25) is 0 Å². The fourth-order valence-electron chi connectivity index (χ4n) is 2.58. The van der Waals surface area contributed by atoms with Crippen LogP contribution in [0, 0.1) is 17.1 Å². The van der Waals surface area contributed by atoms with Crippen LogP contribution < -0.4 is 10.2 Å². The Bertz CT molecular complexity index is 519. The first kappa shape index (κ1) is 15.3. The summed E-state index contributed by atoms with van der Waals surface area (Å²) < 4.78 is 14.7. The Morgan fingerprint density at radius 2 is 2.30 bits per heavy atom. The molecule has 2 rings (SSSR count). The molecule has 1 saturated heterocycles. The minimum atomic E-state index is -0.351. The van der Waals surface area contributed by atoms with Crippen molar-refractivity contribution in [3.8, 4) is 6.07 Å². The summed E-state index contributed by atoms with van der Waals surface area (Å²) >= 11 is 3.18. The van der Waals surface area contributed by atoms with Crippen molar-refractivity contribution in [1.29, 1.82) is 5.26 Å². The van der Waals surface area contributed by atoms with Crippen LogP contribution in [0.15, 0.2) is 16.6 Å². The number of nitrogens with one attached hydrogen (secondary N) is 1. The zero-order valence-electron chi connectivity index (χ0n) is 11.8. The van der Waals surface area contributed by atoms with Crippen molar-refractivity contribution in [3.63, 3.8) is 0 Å². The number of anilines is 1. The molecule has 1 heterocycles. The molecule has 1 N–H and O–H groups in total. The number of hydrogen-bond acceptors (Lipinski definition) is 3. The van der Waals surface area contributed by atoms with Gasteiger partial charge in [-0.05, 0) is 61.3 Å². The average Bonchev–Trinajstić information content (AvgIpc) is 2.92. The molecule has 20 heavy (non-hydrogen) atoms. The average molecular weight is 340 g/mol. The number of nitriles is 1. The van der Waals surface area contributed by atoms with Crippen LogP contribution in [0.4, 0.5) is 10.1 Å². The Balaban J connectivity index is 2.29. The van der Waals surface area contributed by atoms with Crippen LogP contribution in [0.2, 0.25) is 0 Å². The van der Waals surface area contributed by atoms with Crippen molar-refractivity contribution in [2.45, 2.75) is 38.8 Å². The van der Waals surface area contributed by atoms with Crippen molar-refractivity contribution < 1.29 is 4.39 Å². The van der Waals surface area contributed by atoms with Crippen LogP contribution in [0.25, 0.3) is 0 Å². The van der Waals surface area contributed by atoms with Gasteiger partial charge < -0.3 is 10.2 Å². The van der Waals surface area contributed by atoms with E-state index in [1.807, 2.05) is 6.07 Å². The second-order valence-electron chi connectivity index (χ2n) is 5.41. The molecule has 5 heteroatoms. The predicted octanol–water partition coefficient (Wildman–Crippen LogP) is 3.43. The molecule has 0 amide bonds. The van der Waals surface area contributed by atoms with E-state index in [1.54, 1.807) is 12.1 Å². The lowest BCUT2D eigenvalue weighted by Gasteiger charge is -2.32. The molecule has 1 atom stereocenters. The monoisotopic (exact) mass is 339 g/mol. The van der Waals surface area contributed by atoms with Gasteiger partial charge in [0.05, 0.1) is 15.7 Å². The Kier molecular flexibility index (Phi) is 5.00. The van der Waals surface area contributed by atoms with Gasteiger partial charge in [0.25, 0.3) is 0 Å². The van der Waals surface area contributed by atoms with Crippen LogP contribution in [-0.2, 0) is 0 Å². The second-order valence-corrected chi connectivity index (χ2v) is 6.20. The van der Waals surface area contributed by atoms with Crippen LogP contribution in [0.3, 0.4) is 0 Å². The maximum absolute atomic E-state index is 14.5. The van der Waals surface area contributed by atoms with Gasteiger partial charge in [-0.1, -0.05) is 0 Å². The quantitative estimate of drug-likeness (QED) is 0.913. The Labute approximate surface area is 127 Å². The maximum atomic E-state index is 14.5. The number of benzene rings is 1. The van der Waals surface area contributed by atoms with Gasteiger partial charge in [0, 0.05) is 18.6 Å². The first-order valence-corrected chi connectivity index (χ1v) is 7.72. The van der Waals surface area contributed by atoms with E-state index < -0.39 is 0 Å². The van der Waals surface area contributed by atoms with Crippen LogP contribution in [0.5, 0.6) is 0 Å². The third-order valence-corrected chi connectivity index (χ3v) is 4.47. The van der Waals surface area contributed by atoms with Gasteiger partial charge in [-0.15, -0.1) is 0 Å². The Morgan fingerprint density at radius 3 is 2.85 bits per heavy atom. The molecule has 3 nitrogen and oxygen atoms in total. The first-order chi connectivity index (χ1) is 9.54.